The lowest BCUT2D eigenvalue weighted by Gasteiger charge is -2.18. The molecule has 0 atom stereocenters. The molecule has 0 aliphatic carbocycles. The third kappa shape index (κ3) is 1.72. The summed E-state index contributed by atoms with van der Waals surface area (Å²) in [6, 6.07) is 10.8. The minimum Gasteiger partial charge on any atom is -0.490 e. The van der Waals surface area contributed by atoms with E-state index in [0.29, 0.717) is 0 Å². The molecule has 2 aromatic carbocycles. The molecule has 1 aliphatic heterocycles. The van der Waals surface area contributed by atoms with Gasteiger partial charge in [0.15, 0.2) is 0 Å². The molecular formula is C16H19NO. The molecule has 18 heavy (non-hydrogen) atoms. The van der Waals surface area contributed by atoms with Gasteiger partial charge in [-0.05, 0) is 31.2 Å². The zero-order chi connectivity index (χ0) is 12.7. The zero-order valence-electron chi connectivity index (χ0n) is 11.2. The first-order chi connectivity index (χ1) is 8.66. The second-order valence-electron chi connectivity index (χ2n) is 5.26. The van der Waals surface area contributed by atoms with Crippen LogP contribution in [-0.2, 0) is 6.42 Å². The summed E-state index contributed by atoms with van der Waals surface area (Å²) in [5, 5.41) is 2.58. The molecule has 0 fully saturated rings. The predicted octanol–water partition coefficient (Wildman–Crippen LogP) is 3.62. The Labute approximate surface area is 108 Å². The third-order valence-electron chi connectivity index (χ3n) is 3.57. The van der Waals surface area contributed by atoms with E-state index in [2.05, 4.69) is 56.1 Å². The van der Waals surface area contributed by atoms with E-state index in [1.165, 1.54) is 22.0 Å². The maximum Gasteiger partial charge on any atom is 0.129 e. The minimum absolute atomic E-state index is 0.207. The highest BCUT2D eigenvalue weighted by atomic mass is 16.5. The van der Waals surface area contributed by atoms with Crippen LogP contribution in [0.3, 0.4) is 0 Å². The molecule has 1 aliphatic rings. The molecule has 0 saturated carbocycles. The molecule has 2 nitrogen and oxygen atoms in total. The number of rotatable bonds is 2. The van der Waals surface area contributed by atoms with Crippen LogP contribution >= 0.6 is 0 Å². The molecule has 2 aromatic rings. The number of benzene rings is 2. The van der Waals surface area contributed by atoms with E-state index < -0.39 is 0 Å². The van der Waals surface area contributed by atoms with Gasteiger partial charge in [-0.3, -0.25) is 0 Å². The fourth-order valence-corrected chi connectivity index (χ4v) is 2.74. The van der Waals surface area contributed by atoms with Gasteiger partial charge in [0.05, 0.1) is 6.10 Å². The van der Waals surface area contributed by atoms with E-state index in [9.17, 15) is 0 Å². The number of hydrogen-bond donors (Lipinski definition) is 0. The first-order valence-electron chi connectivity index (χ1n) is 6.59. The van der Waals surface area contributed by atoms with Gasteiger partial charge in [0.25, 0.3) is 0 Å². The topological polar surface area (TPSA) is 12.5 Å². The maximum atomic E-state index is 5.97. The molecule has 0 saturated heterocycles. The Hall–Kier alpha value is -1.70. The van der Waals surface area contributed by atoms with Gasteiger partial charge in [-0.1, -0.05) is 24.3 Å². The Balaban J connectivity index is 2.26. The van der Waals surface area contributed by atoms with Gasteiger partial charge in [-0.2, -0.15) is 0 Å². The summed E-state index contributed by atoms with van der Waals surface area (Å²) in [5.41, 5.74) is 2.79. The normalized spacial score (nSPS) is 14.3. The van der Waals surface area contributed by atoms with Crippen LogP contribution in [0.2, 0.25) is 0 Å². The van der Waals surface area contributed by atoms with Crippen molar-refractivity contribution < 1.29 is 4.74 Å². The lowest BCUT2D eigenvalue weighted by molar-refractivity contribution is 0.245. The quantitative estimate of drug-likeness (QED) is 0.796. The summed E-state index contributed by atoms with van der Waals surface area (Å²) in [4.78, 5) is 2.31. The molecule has 2 heteroatoms. The molecule has 94 valence electrons. The summed E-state index contributed by atoms with van der Waals surface area (Å²) in [6.07, 6.45) is 1.34. The van der Waals surface area contributed by atoms with Crippen LogP contribution in [0.1, 0.15) is 19.4 Å². The number of hydrogen-bond acceptors (Lipinski definition) is 2. The Morgan fingerprint density at radius 2 is 1.89 bits per heavy atom. The van der Waals surface area contributed by atoms with Crippen LogP contribution in [0, 0.1) is 0 Å². The first-order valence-corrected chi connectivity index (χ1v) is 6.59. The number of likely N-dealkylation sites (N-methyl/N-ethyl adjacent to an activating group) is 1. The Morgan fingerprint density at radius 3 is 2.61 bits per heavy atom. The summed E-state index contributed by atoms with van der Waals surface area (Å²) in [6.45, 7) is 5.25. The molecule has 3 rings (SSSR count). The van der Waals surface area contributed by atoms with Crippen molar-refractivity contribution in [2.75, 3.05) is 18.5 Å². The second-order valence-corrected chi connectivity index (χ2v) is 5.26. The fourth-order valence-electron chi connectivity index (χ4n) is 2.74. The molecule has 0 unspecified atom stereocenters. The van der Waals surface area contributed by atoms with E-state index in [1.54, 1.807) is 0 Å². The van der Waals surface area contributed by atoms with E-state index in [1.807, 2.05) is 0 Å². The van der Waals surface area contributed by atoms with Crippen LogP contribution in [0.5, 0.6) is 5.75 Å². The van der Waals surface area contributed by atoms with Crippen molar-refractivity contribution in [2.45, 2.75) is 26.4 Å². The van der Waals surface area contributed by atoms with E-state index >= 15 is 0 Å². The van der Waals surface area contributed by atoms with E-state index in [0.717, 1.165) is 18.7 Å². The standard InChI is InChI=1S/C16H19NO/c1-11(2)18-16-10-15-13(8-9-17(15)3)12-6-4-5-7-14(12)16/h4-7,10-11H,8-9H2,1-3H3. The SMILES string of the molecule is CC(C)Oc1cc2c(c3ccccc13)CCN2C. The van der Waals surface area contributed by atoms with Gasteiger partial charge in [-0.25, -0.2) is 0 Å². The highest BCUT2D eigenvalue weighted by Gasteiger charge is 2.20. The van der Waals surface area contributed by atoms with Gasteiger partial charge >= 0.3 is 0 Å². The molecule has 0 N–H and O–H groups in total. The molecule has 0 spiro atoms. The Kier molecular flexibility index (Phi) is 2.66. The monoisotopic (exact) mass is 241 g/mol. The average Bonchev–Trinajstić information content (AvgIpc) is 2.71. The number of fused-ring (bicyclic) bond motifs is 3. The lowest BCUT2D eigenvalue weighted by atomic mass is 10.0. The summed E-state index contributed by atoms with van der Waals surface area (Å²) in [5.74, 6) is 1.01. The predicted molar refractivity (Wildman–Crippen MR) is 76.7 cm³/mol. The van der Waals surface area contributed by atoms with Crippen molar-refractivity contribution in [3.63, 3.8) is 0 Å². The van der Waals surface area contributed by atoms with Gasteiger partial charge in [0.1, 0.15) is 5.75 Å². The van der Waals surface area contributed by atoms with Gasteiger partial charge in [-0.15, -0.1) is 0 Å². The Morgan fingerprint density at radius 1 is 1.17 bits per heavy atom. The molecule has 0 amide bonds. The van der Waals surface area contributed by atoms with Crippen LogP contribution in [0.25, 0.3) is 10.8 Å². The number of anilines is 1. The van der Waals surface area contributed by atoms with E-state index in [-0.39, 0.29) is 6.10 Å². The highest BCUT2D eigenvalue weighted by Crippen LogP contribution is 2.39. The summed E-state index contributed by atoms with van der Waals surface area (Å²) < 4.78 is 5.97. The van der Waals surface area contributed by atoms with Crippen molar-refractivity contribution in [3.8, 4) is 5.75 Å². The molecule has 1 heterocycles. The van der Waals surface area contributed by atoms with Crippen LogP contribution in [0.15, 0.2) is 30.3 Å². The van der Waals surface area contributed by atoms with Crippen LogP contribution < -0.4 is 9.64 Å². The van der Waals surface area contributed by atoms with Gasteiger partial charge in [0, 0.05) is 30.7 Å². The zero-order valence-corrected chi connectivity index (χ0v) is 11.2. The highest BCUT2D eigenvalue weighted by molar-refractivity contribution is 5.96. The molecular weight excluding hydrogens is 222 g/mol. The fraction of sp³-hybridized carbons (Fsp3) is 0.375. The maximum absolute atomic E-state index is 5.97. The van der Waals surface area contributed by atoms with Crippen LogP contribution in [0.4, 0.5) is 5.69 Å². The Bertz CT molecular complexity index is 589. The van der Waals surface area contributed by atoms with Crippen molar-refractivity contribution >= 4 is 16.5 Å². The van der Waals surface area contributed by atoms with Gasteiger partial charge < -0.3 is 9.64 Å². The largest absolute Gasteiger partial charge is 0.490 e. The third-order valence-corrected chi connectivity index (χ3v) is 3.57. The van der Waals surface area contributed by atoms with Crippen molar-refractivity contribution in [3.05, 3.63) is 35.9 Å². The second kappa shape index (κ2) is 4.20. The van der Waals surface area contributed by atoms with Crippen molar-refractivity contribution in [1.29, 1.82) is 0 Å². The number of ether oxygens (including phenoxy) is 1. The molecule has 0 radical (unpaired) electrons. The minimum atomic E-state index is 0.207. The van der Waals surface area contributed by atoms with Gasteiger partial charge in [0.2, 0.25) is 0 Å². The average molecular weight is 241 g/mol. The lowest BCUT2D eigenvalue weighted by Crippen LogP contribution is -2.13. The van der Waals surface area contributed by atoms with E-state index in [4.69, 9.17) is 4.74 Å². The summed E-state index contributed by atoms with van der Waals surface area (Å²) in [7, 11) is 2.15. The first kappa shape index (κ1) is 11.4. The summed E-state index contributed by atoms with van der Waals surface area (Å²) >= 11 is 0. The molecule has 0 aromatic heterocycles. The van der Waals surface area contributed by atoms with Crippen LogP contribution in [-0.4, -0.2) is 19.7 Å². The van der Waals surface area contributed by atoms with Crippen molar-refractivity contribution in [1.82, 2.24) is 0 Å². The smallest absolute Gasteiger partial charge is 0.129 e. The number of nitrogens with zero attached hydrogens (tertiary/aromatic N) is 1. The molecule has 0 bridgehead atoms. The van der Waals surface area contributed by atoms with Crippen molar-refractivity contribution in [2.24, 2.45) is 0 Å².